The lowest BCUT2D eigenvalue weighted by Gasteiger charge is -2.42. The smallest absolute Gasteiger partial charge is 0.253 e. The molecule has 0 bridgehead atoms. The van der Waals surface area contributed by atoms with Gasteiger partial charge in [-0.25, -0.2) is 12.8 Å². The largest absolute Gasteiger partial charge is 0.369 e. The van der Waals surface area contributed by atoms with Gasteiger partial charge in [-0.15, -0.1) is 0 Å². The molecule has 1 aliphatic carbocycles. The molecule has 3 aliphatic rings. The third-order valence-electron chi connectivity index (χ3n) is 9.28. The molecule has 5 rings (SSSR count). The maximum Gasteiger partial charge on any atom is 0.253 e. The SMILES string of the molecule is C[C@H](NC(=O)C1(c2ccc(F)cc2)CCN(C(=O)c2ccc(N3CCS(=O)(=O)CC3)cc2)CC1)C1CCCCC1. The van der Waals surface area contributed by atoms with Crippen molar-refractivity contribution >= 4 is 27.3 Å². The number of benzene rings is 2. The van der Waals surface area contributed by atoms with Crippen LogP contribution in [0.2, 0.25) is 0 Å². The van der Waals surface area contributed by atoms with Crippen LogP contribution >= 0.6 is 0 Å². The first-order chi connectivity index (χ1) is 19.2. The van der Waals surface area contributed by atoms with Crippen molar-refractivity contribution in [3.8, 4) is 0 Å². The van der Waals surface area contributed by atoms with Crippen molar-refractivity contribution in [2.45, 2.75) is 63.3 Å². The van der Waals surface area contributed by atoms with E-state index in [1.54, 1.807) is 29.2 Å². The predicted molar refractivity (Wildman–Crippen MR) is 155 cm³/mol. The van der Waals surface area contributed by atoms with Gasteiger partial charge in [0.05, 0.1) is 16.9 Å². The Balaban J connectivity index is 1.27. The molecule has 2 aliphatic heterocycles. The Morgan fingerprint density at radius 1 is 0.900 bits per heavy atom. The van der Waals surface area contributed by atoms with E-state index < -0.39 is 15.3 Å². The van der Waals surface area contributed by atoms with Gasteiger partial charge in [0, 0.05) is 43.5 Å². The van der Waals surface area contributed by atoms with Crippen molar-refractivity contribution < 1.29 is 22.4 Å². The summed E-state index contributed by atoms with van der Waals surface area (Å²) < 4.78 is 37.3. The molecule has 1 atom stereocenters. The molecule has 2 amide bonds. The zero-order chi connectivity index (χ0) is 28.3. The summed E-state index contributed by atoms with van der Waals surface area (Å²) in [4.78, 5) is 31.1. The number of anilines is 1. The molecule has 0 radical (unpaired) electrons. The van der Waals surface area contributed by atoms with Gasteiger partial charge in [0.1, 0.15) is 5.82 Å². The summed E-state index contributed by atoms with van der Waals surface area (Å²) in [6.45, 7) is 3.85. The number of likely N-dealkylation sites (tertiary alicyclic amines) is 1. The standard InChI is InChI=1S/C31H40FN3O4S/c1-23(24-5-3-2-4-6-24)33-30(37)31(26-9-11-27(32)12-10-26)15-17-35(18-16-31)29(36)25-7-13-28(14-8-25)34-19-21-40(38,39)22-20-34/h7-14,23-24H,2-6,15-22H2,1H3,(H,33,37)/t23-/m0/s1. The van der Waals surface area contributed by atoms with E-state index >= 15 is 0 Å². The third-order valence-corrected chi connectivity index (χ3v) is 10.9. The van der Waals surface area contributed by atoms with Gasteiger partial charge in [-0.3, -0.25) is 9.59 Å². The lowest BCUT2D eigenvalue weighted by atomic mass is 9.71. The first-order valence-electron chi connectivity index (χ1n) is 14.6. The molecule has 2 heterocycles. The molecular weight excluding hydrogens is 529 g/mol. The van der Waals surface area contributed by atoms with Crippen molar-refractivity contribution in [3.05, 3.63) is 65.5 Å². The van der Waals surface area contributed by atoms with E-state index in [2.05, 4.69) is 12.2 Å². The number of nitrogens with zero attached hydrogens (tertiary/aromatic N) is 2. The molecule has 1 N–H and O–H groups in total. The molecule has 0 aromatic heterocycles. The summed E-state index contributed by atoms with van der Waals surface area (Å²) in [7, 11) is -2.96. The van der Waals surface area contributed by atoms with Gasteiger partial charge in [-0.2, -0.15) is 0 Å². The first-order valence-corrected chi connectivity index (χ1v) is 16.4. The highest BCUT2D eigenvalue weighted by atomic mass is 32.2. The Morgan fingerprint density at radius 3 is 2.10 bits per heavy atom. The summed E-state index contributed by atoms with van der Waals surface area (Å²) in [5.41, 5.74) is 1.45. The molecule has 3 fully saturated rings. The summed E-state index contributed by atoms with van der Waals surface area (Å²) in [6.07, 6.45) is 6.84. The second kappa shape index (κ2) is 11.9. The molecular formula is C31H40FN3O4S. The lowest BCUT2D eigenvalue weighted by molar-refractivity contribution is -0.129. The van der Waals surface area contributed by atoms with E-state index in [0.717, 1.165) is 24.1 Å². The molecule has 2 saturated heterocycles. The second-order valence-corrected chi connectivity index (χ2v) is 14.0. The Hall–Kier alpha value is -2.94. The van der Waals surface area contributed by atoms with Crippen molar-refractivity contribution in [2.24, 2.45) is 5.92 Å². The third kappa shape index (κ3) is 6.19. The molecule has 9 heteroatoms. The number of amides is 2. The topological polar surface area (TPSA) is 86.8 Å². The summed E-state index contributed by atoms with van der Waals surface area (Å²) in [5, 5.41) is 3.31. The van der Waals surface area contributed by atoms with E-state index in [1.165, 1.54) is 31.4 Å². The fourth-order valence-electron chi connectivity index (χ4n) is 6.57. The van der Waals surface area contributed by atoms with Gasteiger partial charge in [-0.05, 0) is 80.5 Å². The highest BCUT2D eigenvalue weighted by Gasteiger charge is 2.44. The van der Waals surface area contributed by atoms with Crippen LogP contribution in [-0.4, -0.2) is 68.9 Å². The van der Waals surface area contributed by atoms with E-state index in [0.29, 0.717) is 50.5 Å². The minimum Gasteiger partial charge on any atom is -0.369 e. The number of sulfone groups is 1. The van der Waals surface area contributed by atoms with Crippen LogP contribution in [0, 0.1) is 11.7 Å². The number of carbonyl (C=O) groups is 2. The number of nitrogens with one attached hydrogen (secondary N) is 1. The number of carbonyl (C=O) groups excluding carboxylic acids is 2. The Kier molecular flexibility index (Phi) is 8.50. The predicted octanol–water partition coefficient (Wildman–Crippen LogP) is 4.32. The normalized spacial score (nSPS) is 21.9. The van der Waals surface area contributed by atoms with Crippen LogP contribution in [0.1, 0.15) is 67.8 Å². The minimum atomic E-state index is -2.96. The number of halogens is 1. The van der Waals surface area contributed by atoms with E-state index in [4.69, 9.17) is 0 Å². The van der Waals surface area contributed by atoms with Crippen molar-refractivity contribution in [2.75, 3.05) is 42.6 Å². The van der Waals surface area contributed by atoms with Crippen molar-refractivity contribution in [3.63, 3.8) is 0 Å². The van der Waals surface area contributed by atoms with Crippen molar-refractivity contribution in [1.82, 2.24) is 10.2 Å². The Bertz CT molecular complexity index is 1290. The molecule has 40 heavy (non-hydrogen) atoms. The van der Waals surface area contributed by atoms with E-state index in [-0.39, 0.29) is 35.2 Å². The Labute approximate surface area is 237 Å². The average Bonchev–Trinajstić information content (AvgIpc) is 2.98. The highest BCUT2D eigenvalue weighted by molar-refractivity contribution is 7.91. The summed E-state index contributed by atoms with van der Waals surface area (Å²) in [5.74, 6) is 0.307. The number of rotatable bonds is 6. The molecule has 1 saturated carbocycles. The van der Waals surface area contributed by atoms with Crippen LogP contribution in [0.25, 0.3) is 0 Å². The zero-order valence-corrected chi connectivity index (χ0v) is 24.1. The van der Waals surface area contributed by atoms with Crippen LogP contribution in [0.3, 0.4) is 0 Å². The first kappa shape index (κ1) is 28.6. The quantitative estimate of drug-likeness (QED) is 0.560. The van der Waals surface area contributed by atoms with Gasteiger partial charge in [0.25, 0.3) is 5.91 Å². The molecule has 216 valence electrons. The molecule has 0 unspecified atom stereocenters. The molecule has 7 nitrogen and oxygen atoms in total. The fraction of sp³-hybridized carbons (Fsp3) is 0.548. The maximum absolute atomic E-state index is 13.9. The van der Waals surface area contributed by atoms with Crippen LogP contribution in [0.4, 0.5) is 10.1 Å². The van der Waals surface area contributed by atoms with E-state index in [1.807, 2.05) is 17.0 Å². The summed E-state index contributed by atoms with van der Waals surface area (Å²) in [6, 6.07) is 13.6. The molecule has 2 aromatic rings. The zero-order valence-electron chi connectivity index (χ0n) is 23.3. The van der Waals surface area contributed by atoms with Crippen LogP contribution in [0.5, 0.6) is 0 Å². The average molecular weight is 570 g/mol. The van der Waals surface area contributed by atoms with Crippen LogP contribution in [0.15, 0.2) is 48.5 Å². The number of hydrogen-bond acceptors (Lipinski definition) is 5. The van der Waals surface area contributed by atoms with E-state index in [9.17, 15) is 22.4 Å². The summed E-state index contributed by atoms with van der Waals surface area (Å²) >= 11 is 0. The van der Waals surface area contributed by atoms with Gasteiger partial charge in [-0.1, -0.05) is 31.4 Å². The Morgan fingerprint density at radius 2 is 1.50 bits per heavy atom. The highest BCUT2D eigenvalue weighted by Crippen LogP contribution is 2.37. The van der Waals surface area contributed by atoms with Crippen LogP contribution < -0.4 is 10.2 Å². The number of piperidine rings is 1. The fourth-order valence-corrected chi connectivity index (χ4v) is 7.77. The van der Waals surface area contributed by atoms with Crippen molar-refractivity contribution in [1.29, 1.82) is 0 Å². The molecule has 2 aromatic carbocycles. The van der Waals surface area contributed by atoms with Crippen LogP contribution in [-0.2, 0) is 20.0 Å². The molecule has 0 spiro atoms. The van der Waals surface area contributed by atoms with Gasteiger partial charge >= 0.3 is 0 Å². The van der Waals surface area contributed by atoms with Gasteiger partial charge in [0.2, 0.25) is 5.91 Å². The monoisotopic (exact) mass is 569 g/mol. The second-order valence-electron chi connectivity index (χ2n) is 11.7. The minimum absolute atomic E-state index is 0.0304. The van der Waals surface area contributed by atoms with Gasteiger partial charge in [0.15, 0.2) is 9.84 Å². The van der Waals surface area contributed by atoms with Gasteiger partial charge < -0.3 is 15.1 Å². The maximum atomic E-state index is 13.9. The lowest BCUT2D eigenvalue weighted by Crippen LogP contribution is -2.55. The number of hydrogen-bond donors (Lipinski definition) is 1.